The molecule has 0 amide bonds. The molecule has 11 aromatic carbocycles. The first-order chi connectivity index (χ1) is 40.2. The molecule has 8 heteroatoms. The van der Waals surface area contributed by atoms with Crippen molar-refractivity contribution in [2.24, 2.45) is 0 Å². The van der Waals surface area contributed by atoms with Crippen LogP contribution >= 0.6 is 0 Å². The van der Waals surface area contributed by atoms with Gasteiger partial charge in [0.15, 0.2) is 0 Å². The van der Waals surface area contributed by atoms with Crippen LogP contribution in [0.2, 0.25) is 0 Å². The predicted octanol–water partition coefficient (Wildman–Crippen LogP) is 18.0. The monoisotopic (exact) mass is 1030 g/mol. The third-order valence-electron chi connectivity index (χ3n) is 16.7. The average Bonchev–Trinajstić information content (AvgIpc) is 3.44. The van der Waals surface area contributed by atoms with E-state index in [9.17, 15) is 10.5 Å². The van der Waals surface area contributed by atoms with Crippen molar-refractivity contribution in [3.8, 4) is 51.7 Å². The van der Waals surface area contributed by atoms with Crippen molar-refractivity contribution >= 4 is 109 Å². The van der Waals surface area contributed by atoms with Crippen molar-refractivity contribution in [1.82, 2.24) is 27.8 Å². The van der Waals surface area contributed by atoms with E-state index in [2.05, 4.69) is 283 Å². The van der Waals surface area contributed by atoms with Gasteiger partial charge in [-0.2, -0.15) is 10.5 Å². The summed E-state index contributed by atoms with van der Waals surface area (Å²) in [6.45, 7) is 0. The number of benzene rings is 11. The van der Waals surface area contributed by atoms with Crippen LogP contribution in [0.4, 0.5) is 0 Å². The molecule has 0 saturated heterocycles. The second-order valence-corrected chi connectivity index (χ2v) is 20.8. The molecule has 6 heterocycles. The van der Waals surface area contributed by atoms with E-state index in [1.54, 1.807) is 0 Å². The van der Waals surface area contributed by atoms with Gasteiger partial charge in [0.2, 0.25) is 0 Å². The molecule has 0 bridgehead atoms. The predicted molar refractivity (Wildman–Crippen MR) is 331 cm³/mol. The van der Waals surface area contributed by atoms with E-state index >= 15 is 0 Å². The Morgan fingerprint density at radius 2 is 0.407 bits per heavy atom. The SMILES string of the molecule is N#Cc1cc(-c2c(-n3c4ccccc4c4ccccc43)c(-n3c4ccccc4c4ccccc43)c(-n3c4ccccc4c4ccccc43)c(-n3c4ccccc4c4ccccc43)c2-n2c3ccccc3c3ccccc32)cc(C#N)n1. The van der Waals surface area contributed by atoms with Crippen LogP contribution in [0.1, 0.15) is 11.4 Å². The maximum atomic E-state index is 11.1. The lowest BCUT2D eigenvalue weighted by Gasteiger charge is -2.32. The Kier molecular flexibility index (Phi) is 9.39. The van der Waals surface area contributed by atoms with Gasteiger partial charge < -0.3 is 22.8 Å². The lowest BCUT2D eigenvalue weighted by molar-refractivity contribution is 1.00. The summed E-state index contributed by atoms with van der Waals surface area (Å²) in [6, 6.07) is 95.9. The van der Waals surface area contributed by atoms with Crippen molar-refractivity contribution in [3.05, 3.63) is 266 Å². The van der Waals surface area contributed by atoms with Crippen molar-refractivity contribution in [2.45, 2.75) is 0 Å². The van der Waals surface area contributed by atoms with Crippen LogP contribution in [0.25, 0.3) is 149 Å². The van der Waals surface area contributed by atoms with Gasteiger partial charge in [-0.15, -0.1) is 0 Å². The smallest absolute Gasteiger partial charge is 0.142 e. The maximum Gasteiger partial charge on any atom is 0.142 e. The summed E-state index contributed by atoms with van der Waals surface area (Å²) in [4.78, 5) is 4.66. The summed E-state index contributed by atoms with van der Waals surface area (Å²) in [5.41, 5.74) is 16.1. The Morgan fingerprint density at radius 3 is 0.605 bits per heavy atom. The van der Waals surface area contributed by atoms with Gasteiger partial charge in [-0.1, -0.05) is 182 Å². The molecule has 0 spiro atoms. The van der Waals surface area contributed by atoms with E-state index in [0.29, 0.717) is 5.56 Å². The summed E-state index contributed by atoms with van der Waals surface area (Å²) in [5, 5.41) is 33.2. The first kappa shape index (κ1) is 44.7. The molecule has 6 aromatic heterocycles. The molecule has 0 N–H and O–H groups in total. The highest BCUT2D eigenvalue weighted by Crippen LogP contribution is 2.54. The van der Waals surface area contributed by atoms with Gasteiger partial charge in [0, 0.05) is 59.4 Å². The highest BCUT2D eigenvalue weighted by molar-refractivity contribution is 6.19. The number of pyridine rings is 1. The standard InChI is InChI=1S/C73H42N8/c74-43-46-41-45(42-47(44-75)76-46)68-69(77-58-31-11-1-21-48(58)49-22-2-12-32-59(49)77)71(79-62-35-15-5-25-52(62)53-26-6-16-36-63(53)79)73(81-66-39-19-9-29-56(66)57-30-10-20-40-67(57)81)72(80-64-37-17-7-27-54(64)55-28-8-18-38-65(55)80)70(68)78-60-33-13-3-23-50(60)51-24-4-14-34-61(51)78/h1-42H. The number of nitrogens with zero attached hydrogens (tertiary/aromatic N) is 8. The van der Waals surface area contributed by atoms with E-state index in [-0.39, 0.29) is 11.4 Å². The molecule has 0 atom stereocenters. The van der Waals surface area contributed by atoms with Crippen molar-refractivity contribution in [2.75, 3.05) is 0 Å². The van der Waals surface area contributed by atoms with E-state index in [1.165, 1.54) is 0 Å². The van der Waals surface area contributed by atoms with Gasteiger partial charge in [-0.25, -0.2) is 4.98 Å². The fourth-order valence-electron chi connectivity index (χ4n) is 13.6. The molecule has 17 aromatic rings. The molecule has 0 unspecified atom stereocenters. The molecule has 0 aliphatic carbocycles. The van der Waals surface area contributed by atoms with Crippen LogP contribution in [0.15, 0.2) is 255 Å². The summed E-state index contributed by atoms with van der Waals surface area (Å²) in [6.07, 6.45) is 0. The minimum Gasteiger partial charge on any atom is -0.306 e. The minimum atomic E-state index is 0.133. The van der Waals surface area contributed by atoms with Gasteiger partial charge in [0.1, 0.15) is 23.5 Å². The summed E-state index contributed by atoms with van der Waals surface area (Å²) in [7, 11) is 0. The summed E-state index contributed by atoms with van der Waals surface area (Å²) in [5.74, 6) is 0. The number of hydrogen-bond acceptors (Lipinski definition) is 3. The zero-order valence-corrected chi connectivity index (χ0v) is 43.3. The van der Waals surface area contributed by atoms with Crippen LogP contribution in [0.3, 0.4) is 0 Å². The number of nitriles is 2. The van der Waals surface area contributed by atoms with E-state index in [1.807, 2.05) is 12.1 Å². The molecular weight excluding hydrogens is 989 g/mol. The van der Waals surface area contributed by atoms with Crippen LogP contribution in [0.5, 0.6) is 0 Å². The number of rotatable bonds is 6. The number of aromatic nitrogens is 6. The lowest BCUT2D eigenvalue weighted by Crippen LogP contribution is -2.18. The van der Waals surface area contributed by atoms with Gasteiger partial charge in [-0.3, -0.25) is 0 Å². The van der Waals surface area contributed by atoms with E-state index in [0.717, 1.165) is 143 Å². The largest absolute Gasteiger partial charge is 0.306 e. The van der Waals surface area contributed by atoms with E-state index in [4.69, 9.17) is 0 Å². The molecule has 0 radical (unpaired) electrons. The molecule has 8 nitrogen and oxygen atoms in total. The summed E-state index contributed by atoms with van der Waals surface area (Å²) < 4.78 is 12.4. The second kappa shape index (κ2) is 17.0. The lowest BCUT2D eigenvalue weighted by atomic mass is 9.94. The van der Waals surface area contributed by atoms with Crippen LogP contribution in [-0.2, 0) is 0 Å². The fourth-order valence-corrected chi connectivity index (χ4v) is 13.6. The molecule has 0 aliphatic heterocycles. The highest BCUT2D eigenvalue weighted by atomic mass is 15.2. The topological polar surface area (TPSA) is 85.1 Å². The fraction of sp³-hybridized carbons (Fsp3) is 0. The third kappa shape index (κ3) is 6.13. The Balaban J connectivity index is 1.31. The zero-order valence-electron chi connectivity index (χ0n) is 43.3. The Bertz CT molecular complexity index is 5090. The van der Waals surface area contributed by atoms with Gasteiger partial charge >= 0.3 is 0 Å². The molecule has 0 aliphatic rings. The van der Waals surface area contributed by atoms with Gasteiger partial charge in [-0.05, 0) is 78.4 Å². The van der Waals surface area contributed by atoms with Crippen molar-refractivity contribution in [3.63, 3.8) is 0 Å². The zero-order chi connectivity index (χ0) is 53.4. The maximum absolute atomic E-state index is 11.1. The second-order valence-electron chi connectivity index (χ2n) is 20.8. The first-order valence-corrected chi connectivity index (χ1v) is 27.2. The van der Waals surface area contributed by atoms with Gasteiger partial charge in [0.05, 0.1) is 83.6 Å². The molecule has 0 fully saturated rings. The normalized spacial score (nSPS) is 11.9. The van der Waals surface area contributed by atoms with Crippen LogP contribution in [0, 0.1) is 22.7 Å². The minimum absolute atomic E-state index is 0.133. The summed E-state index contributed by atoms with van der Waals surface area (Å²) >= 11 is 0. The Labute approximate surface area is 462 Å². The first-order valence-electron chi connectivity index (χ1n) is 27.2. The average molecular weight is 1030 g/mol. The number of fused-ring (bicyclic) bond motifs is 15. The van der Waals surface area contributed by atoms with Crippen molar-refractivity contribution in [1.29, 1.82) is 10.5 Å². The highest BCUT2D eigenvalue weighted by Gasteiger charge is 2.37. The molecule has 17 rings (SSSR count). The molecule has 374 valence electrons. The molecular formula is C73H42N8. The van der Waals surface area contributed by atoms with Crippen LogP contribution < -0.4 is 0 Å². The number of para-hydroxylation sites is 10. The van der Waals surface area contributed by atoms with E-state index < -0.39 is 0 Å². The Morgan fingerprint density at radius 1 is 0.235 bits per heavy atom. The molecule has 0 saturated carbocycles. The quantitative estimate of drug-likeness (QED) is 0.166. The van der Waals surface area contributed by atoms with Gasteiger partial charge in [0.25, 0.3) is 0 Å². The van der Waals surface area contributed by atoms with Crippen molar-refractivity contribution < 1.29 is 0 Å². The Hall–Kier alpha value is -11.5. The van der Waals surface area contributed by atoms with Crippen LogP contribution in [-0.4, -0.2) is 27.8 Å². The number of hydrogen-bond donors (Lipinski definition) is 0. The molecule has 81 heavy (non-hydrogen) atoms. The third-order valence-corrected chi connectivity index (χ3v) is 16.7.